The van der Waals surface area contributed by atoms with Gasteiger partial charge in [0.05, 0.1) is 11.8 Å². The molecular formula is C13H15BrN2OS. The molecule has 18 heavy (non-hydrogen) atoms. The minimum atomic E-state index is -0.326. The third kappa shape index (κ3) is 3.88. The maximum Gasteiger partial charge on any atom is 0.123 e. The summed E-state index contributed by atoms with van der Waals surface area (Å²) in [6.07, 6.45) is -0.326. The lowest BCUT2D eigenvalue weighted by atomic mass is 10.2. The van der Waals surface area contributed by atoms with E-state index in [1.807, 2.05) is 17.5 Å². The van der Waals surface area contributed by atoms with Crippen LogP contribution < -0.4 is 5.32 Å². The van der Waals surface area contributed by atoms with Gasteiger partial charge in [0.15, 0.2) is 0 Å². The number of nitrogens with one attached hydrogen (secondary N) is 1. The SMILES string of the molecule is CC(O)CNCc1csc(-c2cccc(Br)c2)n1. The van der Waals surface area contributed by atoms with Crippen LogP contribution in [0.5, 0.6) is 0 Å². The lowest BCUT2D eigenvalue weighted by Gasteiger charge is -2.04. The molecule has 2 N–H and O–H groups in total. The van der Waals surface area contributed by atoms with Gasteiger partial charge < -0.3 is 10.4 Å². The van der Waals surface area contributed by atoms with Crippen molar-refractivity contribution in [2.24, 2.45) is 0 Å². The van der Waals surface area contributed by atoms with Crippen molar-refractivity contribution in [2.75, 3.05) is 6.54 Å². The molecule has 0 amide bonds. The van der Waals surface area contributed by atoms with Crippen molar-refractivity contribution in [3.8, 4) is 10.6 Å². The molecule has 0 aliphatic rings. The van der Waals surface area contributed by atoms with Gasteiger partial charge in [-0.3, -0.25) is 0 Å². The summed E-state index contributed by atoms with van der Waals surface area (Å²) in [5, 5.41) is 15.4. The fourth-order valence-corrected chi connectivity index (χ4v) is 2.77. The smallest absolute Gasteiger partial charge is 0.123 e. The quantitative estimate of drug-likeness (QED) is 0.887. The van der Waals surface area contributed by atoms with E-state index in [0.29, 0.717) is 13.1 Å². The summed E-state index contributed by atoms with van der Waals surface area (Å²) in [6, 6.07) is 8.12. The van der Waals surface area contributed by atoms with Crippen molar-refractivity contribution in [2.45, 2.75) is 19.6 Å². The van der Waals surface area contributed by atoms with Gasteiger partial charge in [-0.25, -0.2) is 4.98 Å². The topological polar surface area (TPSA) is 45.1 Å². The van der Waals surface area contributed by atoms with Crippen LogP contribution >= 0.6 is 27.3 Å². The Hall–Kier alpha value is -0.750. The highest BCUT2D eigenvalue weighted by Crippen LogP contribution is 2.26. The van der Waals surface area contributed by atoms with Crippen molar-refractivity contribution in [3.63, 3.8) is 0 Å². The van der Waals surface area contributed by atoms with Gasteiger partial charge in [-0.2, -0.15) is 0 Å². The van der Waals surface area contributed by atoms with Crippen LogP contribution in [-0.2, 0) is 6.54 Å². The monoisotopic (exact) mass is 326 g/mol. The first-order valence-corrected chi connectivity index (χ1v) is 7.41. The van der Waals surface area contributed by atoms with Gasteiger partial charge in [0.2, 0.25) is 0 Å². The third-order valence-electron chi connectivity index (χ3n) is 2.37. The van der Waals surface area contributed by atoms with E-state index < -0.39 is 0 Å². The minimum absolute atomic E-state index is 0.326. The standard InChI is InChI=1S/C13H15BrN2OS/c1-9(17)6-15-7-12-8-18-13(16-12)10-3-2-4-11(14)5-10/h2-5,8-9,15,17H,6-7H2,1H3. The molecule has 3 nitrogen and oxygen atoms in total. The molecule has 2 rings (SSSR count). The molecule has 0 saturated heterocycles. The zero-order valence-corrected chi connectivity index (χ0v) is 12.5. The fraction of sp³-hybridized carbons (Fsp3) is 0.308. The number of thiazole rings is 1. The lowest BCUT2D eigenvalue weighted by Crippen LogP contribution is -2.23. The van der Waals surface area contributed by atoms with Crippen LogP contribution in [0.15, 0.2) is 34.1 Å². The summed E-state index contributed by atoms with van der Waals surface area (Å²) in [4.78, 5) is 4.57. The molecule has 0 aliphatic heterocycles. The number of hydrogen-bond acceptors (Lipinski definition) is 4. The molecule has 0 saturated carbocycles. The average Bonchev–Trinajstić information content (AvgIpc) is 2.77. The number of rotatable bonds is 5. The van der Waals surface area contributed by atoms with E-state index >= 15 is 0 Å². The number of aromatic nitrogens is 1. The predicted molar refractivity (Wildman–Crippen MR) is 78.6 cm³/mol. The van der Waals surface area contributed by atoms with E-state index in [0.717, 1.165) is 20.7 Å². The van der Waals surface area contributed by atoms with E-state index in [9.17, 15) is 0 Å². The van der Waals surface area contributed by atoms with E-state index in [4.69, 9.17) is 5.11 Å². The largest absolute Gasteiger partial charge is 0.392 e. The Morgan fingerprint density at radius 3 is 3.06 bits per heavy atom. The van der Waals surface area contributed by atoms with Gasteiger partial charge in [-0.1, -0.05) is 28.1 Å². The normalized spacial score (nSPS) is 12.6. The molecule has 1 aromatic carbocycles. The maximum atomic E-state index is 9.16. The molecule has 1 aromatic heterocycles. The maximum absolute atomic E-state index is 9.16. The summed E-state index contributed by atoms with van der Waals surface area (Å²) in [5.41, 5.74) is 2.13. The minimum Gasteiger partial charge on any atom is -0.392 e. The lowest BCUT2D eigenvalue weighted by molar-refractivity contribution is 0.191. The van der Waals surface area contributed by atoms with Crippen molar-refractivity contribution in [3.05, 3.63) is 39.8 Å². The molecule has 1 atom stereocenters. The van der Waals surface area contributed by atoms with Crippen molar-refractivity contribution in [1.29, 1.82) is 0 Å². The molecule has 2 aromatic rings. The third-order valence-corrected chi connectivity index (χ3v) is 3.80. The van der Waals surface area contributed by atoms with Crippen LogP contribution in [0.1, 0.15) is 12.6 Å². The number of nitrogens with zero attached hydrogens (tertiary/aromatic N) is 1. The summed E-state index contributed by atoms with van der Waals surface area (Å²) in [6.45, 7) is 3.04. The highest BCUT2D eigenvalue weighted by molar-refractivity contribution is 9.10. The number of aliphatic hydroxyl groups excluding tert-OH is 1. The predicted octanol–water partition coefficient (Wildman–Crippen LogP) is 3.04. The second-order valence-electron chi connectivity index (χ2n) is 4.13. The second kappa shape index (κ2) is 6.43. The van der Waals surface area contributed by atoms with E-state index in [1.165, 1.54) is 0 Å². The Bertz CT molecular complexity index is 513. The molecule has 0 spiro atoms. The first-order valence-electron chi connectivity index (χ1n) is 5.74. The Morgan fingerprint density at radius 2 is 2.33 bits per heavy atom. The average molecular weight is 327 g/mol. The fourth-order valence-electron chi connectivity index (χ4n) is 1.55. The number of hydrogen-bond donors (Lipinski definition) is 2. The van der Waals surface area contributed by atoms with Crippen molar-refractivity contribution < 1.29 is 5.11 Å². The highest BCUT2D eigenvalue weighted by Gasteiger charge is 2.05. The van der Waals surface area contributed by atoms with E-state index in [2.05, 4.69) is 38.4 Å². The number of aliphatic hydroxyl groups is 1. The van der Waals surface area contributed by atoms with E-state index in [1.54, 1.807) is 18.3 Å². The summed E-state index contributed by atoms with van der Waals surface area (Å²) in [7, 11) is 0. The van der Waals surface area contributed by atoms with Crippen LogP contribution in [0, 0.1) is 0 Å². The molecule has 96 valence electrons. The Morgan fingerprint density at radius 1 is 1.50 bits per heavy atom. The Balaban J connectivity index is 2.02. The number of halogens is 1. The zero-order valence-electron chi connectivity index (χ0n) is 10.1. The molecule has 1 unspecified atom stereocenters. The van der Waals surface area contributed by atoms with Crippen molar-refractivity contribution in [1.82, 2.24) is 10.3 Å². The molecule has 0 radical (unpaired) electrons. The summed E-state index contributed by atoms with van der Waals surface area (Å²) >= 11 is 5.10. The van der Waals surface area contributed by atoms with Gasteiger partial charge >= 0.3 is 0 Å². The Labute approximate surface area is 119 Å². The number of benzene rings is 1. The molecular weight excluding hydrogens is 312 g/mol. The summed E-state index contributed by atoms with van der Waals surface area (Å²) in [5.74, 6) is 0. The summed E-state index contributed by atoms with van der Waals surface area (Å²) < 4.78 is 1.06. The van der Waals surface area contributed by atoms with Crippen LogP contribution in [0.25, 0.3) is 10.6 Å². The van der Waals surface area contributed by atoms with E-state index in [-0.39, 0.29) is 6.10 Å². The van der Waals surface area contributed by atoms with Gasteiger partial charge in [-0.05, 0) is 19.1 Å². The molecule has 5 heteroatoms. The van der Waals surface area contributed by atoms with Gasteiger partial charge in [0, 0.05) is 28.5 Å². The molecule has 1 heterocycles. The van der Waals surface area contributed by atoms with Crippen molar-refractivity contribution >= 4 is 27.3 Å². The Kier molecular flexibility index (Phi) is 4.88. The zero-order chi connectivity index (χ0) is 13.0. The van der Waals surface area contributed by atoms with Crippen LogP contribution in [0.4, 0.5) is 0 Å². The first-order chi connectivity index (χ1) is 8.65. The van der Waals surface area contributed by atoms with Gasteiger partial charge in [0.1, 0.15) is 5.01 Å². The highest BCUT2D eigenvalue weighted by atomic mass is 79.9. The first kappa shape index (κ1) is 13.7. The molecule has 0 aliphatic carbocycles. The molecule has 0 bridgehead atoms. The molecule has 0 fully saturated rings. The van der Waals surface area contributed by atoms with Gasteiger partial charge in [-0.15, -0.1) is 11.3 Å². The van der Waals surface area contributed by atoms with Gasteiger partial charge in [0.25, 0.3) is 0 Å². The van der Waals surface area contributed by atoms with Crippen LogP contribution in [0.2, 0.25) is 0 Å². The van der Waals surface area contributed by atoms with Crippen LogP contribution in [0.3, 0.4) is 0 Å². The second-order valence-corrected chi connectivity index (χ2v) is 5.91. The van der Waals surface area contributed by atoms with Crippen LogP contribution in [-0.4, -0.2) is 22.7 Å².